The Hall–Kier alpha value is -3.49. The van der Waals surface area contributed by atoms with Crippen molar-refractivity contribution in [3.8, 4) is 5.75 Å². The number of rotatable bonds is 7. The summed E-state index contributed by atoms with van der Waals surface area (Å²) in [5, 5.41) is 10.1. The van der Waals surface area contributed by atoms with E-state index in [4.69, 9.17) is 15.7 Å². The highest BCUT2D eigenvalue weighted by Crippen LogP contribution is 2.34. The van der Waals surface area contributed by atoms with Crippen molar-refractivity contribution < 1.29 is 19.5 Å². The largest absolute Gasteiger partial charge is 0.489 e. The van der Waals surface area contributed by atoms with Crippen molar-refractivity contribution in [1.82, 2.24) is 15.4 Å². The molecule has 4 N–H and O–H groups in total. The Morgan fingerprint density at radius 2 is 1.94 bits per heavy atom. The first-order chi connectivity index (χ1) is 15.8. The molecule has 4 rings (SSSR count). The predicted octanol–water partition coefficient (Wildman–Crippen LogP) is 2.73. The van der Waals surface area contributed by atoms with Crippen molar-refractivity contribution in [2.24, 2.45) is 11.7 Å². The number of nitrogens with two attached hydrogens (primary N) is 1. The van der Waals surface area contributed by atoms with Gasteiger partial charge in [0.2, 0.25) is 5.91 Å². The van der Waals surface area contributed by atoms with Gasteiger partial charge in [-0.2, -0.15) is 0 Å². The lowest BCUT2D eigenvalue weighted by molar-refractivity contribution is -0.145. The minimum atomic E-state index is -1.23. The van der Waals surface area contributed by atoms with Gasteiger partial charge in [0.05, 0.1) is 5.52 Å². The van der Waals surface area contributed by atoms with E-state index in [2.05, 4.69) is 4.98 Å². The summed E-state index contributed by atoms with van der Waals surface area (Å²) < 4.78 is 5.97. The number of benzene rings is 2. The topological polar surface area (TPSA) is 118 Å². The molecule has 8 heteroatoms. The SMILES string of the molecule is CC(C)C(C(=O)NO)N1CCC(N)(c2ccc(OCc3ccnc4ccccc34)cc2)C1=O. The zero-order valence-corrected chi connectivity index (χ0v) is 18.7. The Balaban J connectivity index is 1.48. The van der Waals surface area contributed by atoms with Crippen molar-refractivity contribution in [3.63, 3.8) is 0 Å². The molecule has 0 bridgehead atoms. The zero-order valence-electron chi connectivity index (χ0n) is 18.7. The number of amides is 2. The van der Waals surface area contributed by atoms with Crippen LogP contribution in [0.3, 0.4) is 0 Å². The summed E-state index contributed by atoms with van der Waals surface area (Å²) in [5.74, 6) is -0.467. The second-order valence-electron chi connectivity index (χ2n) is 8.69. The van der Waals surface area contributed by atoms with Crippen molar-refractivity contribution >= 4 is 22.7 Å². The first-order valence-electron chi connectivity index (χ1n) is 10.9. The molecule has 0 spiro atoms. The molecule has 1 fully saturated rings. The Kier molecular flexibility index (Phi) is 6.31. The van der Waals surface area contributed by atoms with Gasteiger partial charge >= 0.3 is 0 Å². The molecule has 1 aromatic heterocycles. The highest BCUT2D eigenvalue weighted by molar-refractivity contribution is 5.94. The number of para-hydroxylation sites is 1. The summed E-state index contributed by atoms with van der Waals surface area (Å²) in [6.07, 6.45) is 2.14. The van der Waals surface area contributed by atoms with Crippen LogP contribution in [0.25, 0.3) is 10.9 Å². The van der Waals surface area contributed by atoms with E-state index in [9.17, 15) is 9.59 Å². The smallest absolute Gasteiger partial charge is 0.266 e. The standard InChI is InChI=1S/C25H28N4O4/c1-16(2)22(23(30)28-32)29-14-12-25(26,24(29)31)18-7-9-19(10-8-18)33-15-17-11-13-27-21-6-4-3-5-20(17)21/h3-11,13,16,22,32H,12,14-15,26H2,1-2H3,(H,28,30). The van der Waals surface area contributed by atoms with Crippen LogP contribution in [-0.2, 0) is 21.7 Å². The van der Waals surface area contributed by atoms with E-state index in [1.165, 1.54) is 4.90 Å². The fraction of sp³-hybridized carbons (Fsp3) is 0.320. The van der Waals surface area contributed by atoms with E-state index >= 15 is 0 Å². The molecule has 3 aromatic rings. The van der Waals surface area contributed by atoms with Crippen LogP contribution in [0.2, 0.25) is 0 Å². The summed E-state index contributed by atoms with van der Waals surface area (Å²) in [6, 6.07) is 16.2. The van der Waals surface area contributed by atoms with E-state index in [-0.39, 0.29) is 11.8 Å². The molecule has 2 heterocycles. The van der Waals surface area contributed by atoms with Gasteiger partial charge in [-0.3, -0.25) is 19.8 Å². The maximum atomic E-state index is 13.2. The Morgan fingerprint density at radius 1 is 1.21 bits per heavy atom. The molecule has 2 atom stereocenters. The van der Waals surface area contributed by atoms with Crippen molar-refractivity contribution in [2.75, 3.05) is 6.54 Å². The second-order valence-corrected chi connectivity index (χ2v) is 8.69. The number of carbonyl (C=O) groups excluding carboxylic acids is 2. The Labute approximate surface area is 192 Å². The molecule has 0 radical (unpaired) electrons. The van der Waals surface area contributed by atoms with E-state index in [0.717, 1.165) is 16.5 Å². The lowest BCUT2D eigenvalue weighted by atomic mass is 9.89. The molecule has 0 aliphatic carbocycles. The van der Waals surface area contributed by atoms with Crippen LogP contribution in [0, 0.1) is 5.92 Å². The lowest BCUT2D eigenvalue weighted by Gasteiger charge is -2.31. The Morgan fingerprint density at radius 3 is 2.64 bits per heavy atom. The van der Waals surface area contributed by atoms with Crippen LogP contribution in [0.4, 0.5) is 0 Å². The average Bonchev–Trinajstić information content (AvgIpc) is 3.13. The van der Waals surface area contributed by atoms with Gasteiger partial charge < -0.3 is 15.4 Å². The minimum absolute atomic E-state index is 0.177. The van der Waals surface area contributed by atoms with Gasteiger partial charge in [-0.05, 0) is 42.2 Å². The number of nitrogens with zero attached hydrogens (tertiary/aromatic N) is 2. The third kappa shape index (κ3) is 4.27. The number of pyridine rings is 1. The number of fused-ring (bicyclic) bond motifs is 1. The fourth-order valence-electron chi connectivity index (χ4n) is 4.46. The highest BCUT2D eigenvalue weighted by Gasteiger charge is 2.49. The maximum absolute atomic E-state index is 13.2. The number of nitrogens with one attached hydrogen (secondary N) is 1. The van der Waals surface area contributed by atoms with Gasteiger partial charge in [-0.1, -0.05) is 44.2 Å². The summed E-state index contributed by atoms with van der Waals surface area (Å²) >= 11 is 0. The summed E-state index contributed by atoms with van der Waals surface area (Å²) in [6.45, 7) is 4.36. The second kappa shape index (κ2) is 9.17. The number of carbonyl (C=O) groups is 2. The first kappa shape index (κ1) is 22.7. The molecule has 1 saturated heterocycles. The van der Waals surface area contributed by atoms with Gasteiger partial charge in [0.25, 0.3) is 5.91 Å². The molecule has 8 nitrogen and oxygen atoms in total. The van der Waals surface area contributed by atoms with E-state index in [1.54, 1.807) is 35.9 Å². The van der Waals surface area contributed by atoms with Crippen LogP contribution >= 0.6 is 0 Å². The van der Waals surface area contributed by atoms with E-state index in [0.29, 0.717) is 30.9 Å². The molecule has 172 valence electrons. The van der Waals surface area contributed by atoms with Crippen LogP contribution in [-0.4, -0.2) is 39.5 Å². The molecule has 1 aliphatic heterocycles. The third-order valence-corrected chi connectivity index (χ3v) is 6.24. The maximum Gasteiger partial charge on any atom is 0.266 e. The van der Waals surface area contributed by atoms with Gasteiger partial charge in [0.15, 0.2) is 0 Å². The molecular formula is C25H28N4O4. The monoisotopic (exact) mass is 448 g/mol. The average molecular weight is 449 g/mol. The minimum Gasteiger partial charge on any atom is -0.489 e. The number of likely N-dealkylation sites (tertiary alicyclic amines) is 1. The van der Waals surface area contributed by atoms with Gasteiger partial charge in [-0.25, -0.2) is 5.48 Å². The van der Waals surface area contributed by atoms with Gasteiger partial charge in [0, 0.05) is 23.7 Å². The number of hydrogen-bond acceptors (Lipinski definition) is 6. The number of hydroxylamine groups is 1. The van der Waals surface area contributed by atoms with E-state index < -0.39 is 17.5 Å². The zero-order chi connectivity index (χ0) is 23.6. The predicted molar refractivity (Wildman–Crippen MR) is 123 cm³/mol. The van der Waals surface area contributed by atoms with Crippen LogP contribution in [0.1, 0.15) is 31.4 Å². The van der Waals surface area contributed by atoms with Crippen LogP contribution in [0.15, 0.2) is 60.8 Å². The molecule has 2 amide bonds. The number of aromatic nitrogens is 1. The Bertz CT molecular complexity index is 1160. The third-order valence-electron chi connectivity index (χ3n) is 6.24. The molecular weight excluding hydrogens is 420 g/mol. The molecule has 0 saturated carbocycles. The lowest BCUT2D eigenvalue weighted by Crippen LogP contribution is -2.53. The number of hydrogen-bond donors (Lipinski definition) is 3. The van der Waals surface area contributed by atoms with Crippen molar-refractivity contribution in [2.45, 2.75) is 38.5 Å². The fourth-order valence-corrected chi connectivity index (χ4v) is 4.46. The van der Waals surface area contributed by atoms with Crippen LogP contribution in [0.5, 0.6) is 5.75 Å². The van der Waals surface area contributed by atoms with Crippen molar-refractivity contribution in [3.05, 3.63) is 71.9 Å². The molecule has 1 aliphatic rings. The van der Waals surface area contributed by atoms with Gasteiger partial charge in [-0.15, -0.1) is 0 Å². The summed E-state index contributed by atoms with van der Waals surface area (Å²) in [5.41, 5.74) is 9.57. The quantitative estimate of drug-likeness (QED) is 0.378. The summed E-state index contributed by atoms with van der Waals surface area (Å²) in [4.78, 5) is 31.2. The van der Waals surface area contributed by atoms with Gasteiger partial charge in [0.1, 0.15) is 23.9 Å². The molecule has 33 heavy (non-hydrogen) atoms. The summed E-state index contributed by atoms with van der Waals surface area (Å²) in [7, 11) is 0. The van der Waals surface area contributed by atoms with Crippen LogP contribution < -0.4 is 16.0 Å². The highest BCUT2D eigenvalue weighted by atomic mass is 16.5. The normalized spacial score (nSPS) is 19.2. The number of ether oxygens (including phenoxy) is 1. The first-order valence-corrected chi connectivity index (χ1v) is 10.9. The molecule has 2 unspecified atom stereocenters. The van der Waals surface area contributed by atoms with E-state index in [1.807, 2.05) is 44.2 Å². The molecule has 2 aromatic carbocycles. The van der Waals surface area contributed by atoms with Crippen molar-refractivity contribution in [1.29, 1.82) is 0 Å².